The first kappa shape index (κ1) is 19.1. The van der Waals surface area contributed by atoms with Crippen LogP contribution >= 0.6 is 0 Å². The molecule has 1 fully saturated rings. The zero-order chi connectivity index (χ0) is 19.4. The lowest BCUT2D eigenvalue weighted by molar-refractivity contribution is -0.141. The molecule has 3 heterocycles. The van der Waals surface area contributed by atoms with Gasteiger partial charge in [-0.25, -0.2) is 9.97 Å². The SMILES string of the molecule is Cc1cc(C(F)(F)F)nc(N2CCN(C(=O)CCCc3cn[nH]c3)CC2)n1. The van der Waals surface area contributed by atoms with E-state index in [4.69, 9.17) is 0 Å². The summed E-state index contributed by atoms with van der Waals surface area (Å²) in [5, 5.41) is 6.60. The molecule has 0 radical (unpaired) electrons. The molecule has 1 saturated heterocycles. The zero-order valence-corrected chi connectivity index (χ0v) is 15.0. The third-order valence-corrected chi connectivity index (χ3v) is 4.46. The summed E-state index contributed by atoms with van der Waals surface area (Å²) in [5.41, 5.74) is 0.387. The average molecular weight is 382 g/mol. The number of nitrogens with one attached hydrogen (secondary N) is 1. The van der Waals surface area contributed by atoms with Crippen molar-refractivity contribution in [1.82, 2.24) is 25.1 Å². The van der Waals surface area contributed by atoms with E-state index >= 15 is 0 Å². The van der Waals surface area contributed by atoms with Crippen molar-refractivity contribution in [2.24, 2.45) is 0 Å². The topological polar surface area (TPSA) is 78.0 Å². The van der Waals surface area contributed by atoms with E-state index in [0.29, 0.717) is 32.6 Å². The number of carbonyl (C=O) groups excluding carboxylic acids is 1. The Bertz CT molecular complexity index is 769. The van der Waals surface area contributed by atoms with Crippen molar-refractivity contribution in [1.29, 1.82) is 0 Å². The second kappa shape index (κ2) is 7.93. The maximum absolute atomic E-state index is 12.9. The average Bonchev–Trinajstić information content (AvgIpc) is 3.14. The summed E-state index contributed by atoms with van der Waals surface area (Å²) in [7, 11) is 0. The van der Waals surface area contributed by atoms with Crippen LogP contribution in [0.5, 0.6) is 0 Å². The van der Waals surface area contributed by atoms with Gasteiger partial charge in [-0.2, -0.15) is 18.3 Å². The van der Waals surface area contributed by atoms with E-state index in [2.05, 4.69) is 20.2 Å². The normalized spacial score (nSPS) is 15.3. The maximum Gasteiger partial charge on any atom is 0.433 e. The van der Waals surface area contributed by atoms with Gasteiger partial charge in [-0.3, -0.25) is 9.89 Å². The van der Waals surface area contributed by atoms with E-state index in [1.165, 1.54) is 6.92 Å². The summed E-state index contributed by atoms with van der Waals surface area (Å²) >= 11 is 0. The summed E-state index contributed by atoms with van der Waals surface area (Å²) in [4.78, 5) is 23.5. The molecule has 0 unspecified atom stereocenters. The van der Waals surface area contributed by atoms with Crippen molar-refractivity contribution in [3.8, 4) is 0 Å². The highest BCUT2D eigenvalue weighted by atomic mass is 19.4. The molecule has 0 aromatic carbocycles. The van der Waals surface area contributed by atoms with Crippen LogP contribution in [0.15, 0.2) is 18.5 Å². The van der Waals surface area contributed by atoms with Crippen molar-refractivity contribution in [2.75, 3.05) is 31.1 Å². The number of hydrogen-bond donors (Lipinski definition) is 1. The molecule has 1 N–H and O–H groups in total. The highest BCUT2D eigenvalue weighted by molar-refractivity contribution is 5.76. The molecule has 1 amide bonds. The largest absolute Gasteiger partial charge is 0.433 e. The van der Waals surface area contributed by atoms with Crippen LogP contribution in [0.2, 0.25) is 0 Å². The number of aromatic nitrogens is 4. The summed E-state index contributed by atoms with van der Waals surface area (Å²) in [6, 6.07) is 0.934. The van der Waals surface area contributed by atoms with Crippen molar-refractivity contribution >= 4 is 11.9 Å². The third-order valence-electron chi connectivity index (χ3n) is 4.46. The van der Waals surface area contributed by atoms with Crippen LogP contribution in [0.3, 0.4) is 0 Å². The minimum Gasteiger partial charge on any atom is -0.339 e. The van der Waals surface area contributed by atoms with Gasteiger partial charge in [0.15, 0.2) is 0 Å². The van der Waals surface area contributed by atoms with Crippen LogP contribution in [0.1, 0.15) is 29.8 Å². The van der Waals surface area contributed by atoms with Crippen LogP contribution in [0.4, 0.5) is 19.1 Å². The smallest absolute Gasteiger partial charge is 0.339 e. The third kappa shape index (κ3) is 4.95. The number of aromatic amines is 1. The number of carbonyl (C=O) groups is 1. The van der Waals surface area contributed by atoms with Crippen LogP contribution in [-0.2, 0) is 17.4 Å². The number of anilines is 1. The Kier molecular flexibility index (Phi) is 5.62. The first-order valence-corrected chi connectivity index (χ1v) is 8.76. The molecule has 0 aliphatic carbocycles. The second-order valence-corrected chi connectivity index (χ2v) is 6.52. The second-order valence-electron chi connectivity index (χ2n) is 6.52. The highest BCUT2D eigenvalue weighted by Crippen LogP contribution is 2.29. The molecule has 0 saturated carbocycles. The monoisotopic (exact) mass is 382 g/mol. The van der Waals surface area contributed by atoms with Crippen LogP contribution in [0, 0.1) is 6.92 Å². The number of alkyl halides is 3. The minimum absolute atomic E-state index is 0.0549. The molecule has 0 bridgehead atoms. The Morgan fingerprint density at radius 3 is 2.59 bits per heavy atom. The fourth-order valence-electron chi connectivity index (χ4n) is 3.01. The van der Waals surface area contributed by atoms with E-state index in [9.17, 15) is 18.0 Å². The predicted molar refractivity (Wildman–Crippen MR) is 92.1 cm³/mol. The summed E-state index contributed by atoms with van der Waals surface area (Å²) in [5.74, 6) is 0.119. The number of halogens is 3. The van der Waals surface area contributed by atoms with E-state index in [1.54, 1.807) is 22.2 Å². The molecule has 2 aromatic rings. The van der Waals surface area contributed by atoms with E-state index < -0.39 is 11.9 Å². The molecule has 3 rings (SSSR count). The Labute approximate surface area is 154 Å². The molecule has 7 nitrogen and oxygen atoms in total. The zero-order valence-electron chi connectivity index (χ0n) is 15.0. The van der Waals surface area contributed by atoms with Gasteiger partial charge >= 0.3 is 6.18 Å². The number of nitrogens with zero attached hydrogens (tertiary/aromatic N) is 5. The molecule has 1 aliphatic rings. The van der Waals surface area contributed by atoms with Crippen molar-refractivity contribution in [3.63, 3.8) is 0 Å². The van der Waals surface area contributed by atoms with Crippen molar-refractivity contribution in [3.05, 3.63) is 35.4 Å². The molecule has 0 spiro atoms. The molecule has 0 atom stereocenters. The summed E-state index contributed by atoms with van der Waals surface area (Å²) < 4.78 is 38.8. The Hall–Kier alpha value is -2.65. The Morgan fingerprint density at radius 2 is 1.96 bits per heavy atom. The first-order valence-electron chi connectivity index (χ1n) is 8.76. The number of rotatable bonds is 5. The van der Waals surface area contributed by atoms with Gasteiger partial charge < -0.3 is 9.80 Å². The van der Waals surface area contributed by atoms with Gasteiger partial charge in [0.05, 0.1) is 6.20 Å². The molecule has 10 heteroatoms. The maximum atomic E-state index is 12.9. The van der Waals surface area contributed by atoms with E-state index in [0.717, 1.165) is 24.5 Å². The lowest BCUT2D eigenvalue weighted by Crippen LogP contribution is -2.49. The lowest BCUT2D eigenvalue weighted by Gasteiger charge is -2.35. The number of amides is 1. The van der Waals surface area contributed by atoms with Gasteiger partial charge in [0.25, 0.3) is 0 Å². The van der Waals surface area contributed by atoms with Crippen LogP contribution in [-0.4, -0.2) is 57.2 Å². The van der Waals surface area contributed by atoms with Crippen molar-refractivity contribution in [2.45, 2.75) is 32.4 Å². The molecule has 27 heavy (non-hydrogen) atoms. The Morgan fingerprint density at radius 1 is 1.22 bits per heavy atom. The quantitative estimate of drug-likeness (QED) is 0.858. The van der Waals surface area contributed by atoms with Gasteiger partial charge in [0.1, 0.15) is 5.69 Å². The molecular weight excluding hydrogens is 361 g/mol. The fraction of sp³-hybridized carbons (Fsp3) is 0.529. The van der Waals surface area contributed by atoms with Gasteiger partial charge in [0, 0.05) is 44.5 Å². The molecule has 1 aliphatic heterocycles. The fourth-order valence-corrected chi connectivity index (χ4v) is 3.01. The van der Waals surface area contributed by atoms with Gasteiger partial charge in [-0.05, 0) is 31.4 Å². The molecular formula is C17H21F3N6O. The van der Waals surface area contributed by atoms with Crippen LogP contribution < -0.4 is 4.90 Å². The standard InChI is InChI=1S/C17H21F3N6O/c1-12-9-14(17(18,19)20)24-16(23-12)26-7-5-25(6-8-26)15(27)4-2-3-13-10-21-22-11-13/h9-11H,2-8H2,1H3,(H,21,22). The highest BCUT2D eigenvalue weighted by Gasteiger charge is 2.34. The first-order chi connectivity index (χ1) is 12.8. The number of piperazine rings is 1. The summed E-state index contributed by atoms with van der Waals surface area (Å²) in [6.45, 7) is 3.23. The molecule has 2 aromatic heterocycles. The van der Waals surface area contributed by atoms with Gasteiger partial charge in [0.2, 0.25) is 11.9 Å². The van der Waals surface area contributed by atoms with E-state index in [-0.39, 0.29) is 17.5 Å². The van der Waals surface area contributed by atoms with Gasteiger partial charge in [-0.1, -0.05) is 0 Å². The number of H-pyrrole nitrogens is 1. The van der Waals surface area contributed by atoms with Gasteiger partial charge in [-0.15, -0.1) is 0 Å². The molecule has 146 valence electrons. The van der Waals surface area contributed by atoms with E-state index in [1.807, 2.05) is 0 Å². The Balaban J connectivity index is 1.52. The predicted octanol–water partition coefficient (Wildman–Crippen LogP) is 2.20. The lowest BCUT2D eigenvalue weighted by atomic mass is 10.1. The number of hydrogen-bond acceptors (Lipinski definition) is 5. The number of aryl methyl sites for hydroxylation is 2. The van der Waals surface area contributed by atoms with Crippen LogP contribution in [0.25, 0.3) is 0 Å². The minimum atomic E-state index is -4.50. The van der Waals surface area contributed by atoms with Crippen molar-refractivity contribution < 1.29 is 18.0 Å². The summed E-state index contributed by atoms with van der Waals surface area (Å²) in [6.07, 6.45) is 0.980.